The van der Waals surface area contributed by atoms with Crippen LogP contribution >= 0.6 is 0 Å². The lowest BCUT2D eigenvalue weighted by atomic mass is 9.66. The van der Waals surface area contributed by atoms with Gasteiger partial charge in [-0.1, -0.05) is 60.7 Å². The summed E-state index contributed by atoms with van der Waals surface area (Å²) in [6.07, 6.45) is 0.881. The smallest absolute Gasteiger partial charge is 0.238 e. The summed E-state index contributed by atoms with van der Waals surface area (Å²) in [5.74, 6) is 0.385. The number of likely N-dealkylation sites (tertiary alicyclic amines) is 1. The molecule has 0 aromatic heterocycles. The van der Waals surface area contributed by atoms with Crippen molar-refractivity contribution in [3.05, 3.63) is 71.8 Å². The zero-order valence-electron chi connectivity index (χ0n) is 15.4. The van der Waals surface area contributed by atoms with Crippen LogP contribution in [0.3, 0.4) is 0 Å². The van der Waals surface area contributed by atoms with Crippen LogP contribution in [0.4, 0.5) is 0 Å². The maximum Gasteiger partial charge on any atom is 0.238 e. The van der Waals surface area contributed by atoms with E-state index in [0.717, 1.165) is 37.2 Å². The number of nitrogens with one attached hydrogen (secondary N) is 1. The Balaban J connectivity index is 2.07. The molecule has 1 atom stereocenters. The van der Waals surface area contributed by atoms with Crippen molar-refractivity contribution in [2.75, 3.05) is 32.8 Å². The zero-order valence-corrected chi connectivity index (χ0v) is 15.4. The molecule has 26 heavy (non-hydrogen) atoms. The quantitative estimate of drug-likeness (QED) is 0.718. The minimum Gasteiger partial charge on any atom is -0.395 e. The molecule has 1 unspecified atom stereocenters. The molecule has 1 fully saturated rings. The standard InChI is InChI=1S/C22H28N2O2/c1-2-24-17-20(13-14-23-15-16-25)22(21(24)26,18-9-5-3-6-10-18)19-11-7-4-8-12-19/h3-12,20,23,25H,2,13-17H2,1H3. The van der Waals surface area contributed by atoms with Gasteiger partial charge in [0.1, 0.15) is 5.41 Å². The first-order chi connectivity index (χ1) is 12.7. The van der Waals surface area contributed by atoms with Gasteiger partial charge in [0.25, 0.3) is 0 Å². The van der Waals surface area contributed by atoms with Gasteiger partial charge in [-0.15, -0.1) is 0 Å². The van der Waals surface area contributed by atoms with E-state index in [1.165, 1.54) is 0 Å². The number of benzene rings is 2. The summed E-state index contributed by atoms with van der Waals surface area (Å²) in [5.41, 5.74) is 1.50. The molecule has 1 aliphatic heterocycles. The fourth-order valence-electron chi connectivity index (χ4n) is 4.26. The molecule has 2 N–H and O–H groups in total. The molecule has 2 aromatic carbocycles. The van der Waals surface area contributed by atoms with Crippen molar-refractivity contribution < 1.29 is 9.90 Å². The minimum absolute atomic E-state index is 0.132. The van der Waals surface area contributed by atoms with Crippen LogP contribution in [-0.2, 0) is 10.2 Å². The van der Waals surface area contributed by atoms with Crippen molar-refractivity contribution in [2.45, 2.75) is 18.8 Å². The van der Waals surface area contributed by atoms with Gasteiger partial charge in [0, 0.05) is 25.6 Å². The van der Waals surface area contributed by atoms with Crippen molar-refractivity contribution >= 4 is 5.91 Å². The van der Waals surface area contributed by atoms with E-state index in [4.69, 9.17) is 5.11 Å². The number of carbonyl (C=O) groups excluding carboxylic acids is 1. The number of carbonyl (C=O) groups is 1. The van der Waals surface area contributed by atoms with Gasteiger partial charge in [0.05, 0.1) is 6.61 Å². The van der Waals surface area contributed by atoms with Gasteiger partial charge in [-0.05, 0) is 31.0 Å². The Morgan fingerprint density at radius 3 is 2.12 bits per heavy atom. The van der Waals surface area contributed by atoms with Crippen molar-refractivity contribution in [1.29, 1.82) is 0 Å². The minimum atomic E-state index is -0.639. The first-order valence-electron chi connectivity index (χ1n) is 9.47. The van der Waals surface area contributed by atoms with Gasteiger partial charge in [0.15, 0.2) is 0 Å². The number of rotatable bonds is 8. The molecule has 138 valence electrons. The number of aliphatic hydroxyl groups is 1. The Morgan fingerprint density at radius 2 is 1.62 bits per heavy atom. The second-order valence-electron chi connectivity index (χ2n) is 6.84. The highest BCUT2D eigenvalue weighted by Gasteiger charge is 2.55. The van der Waals surface area contributed by atoms with E-state index in [0.29, 0.717) is 6.54 Å². The topological polar surface area (TPSA) is 52.6 Å². The summed E-state index contributed by atoms with van der Waals surface area (Å²) in [4.78, 5) is 15.6. The van der Waals surface area contributed by atoms with Gasteiger partial charge in [-0.25, -0.2) is 0 Å². The van der Waals surface area contributed by atoms with Crippen LogP contribution < -0.4 is 5.32 Å². The summed E-state index contributed by atoms with van der Waals surface area (Å²) < 4.78 is 0. The lowest BCUT2D eigenvalue weighted by Gasteiger charge is -2.34. The predicted octanol–water partition coefficient (Wildman–Crippen LogP) is 2.42. The van der Waals surface area contributed by atoms with Crippen LogP contribution in [0.2, 0.25) is 0 Å². The molecule has 1 saturated heterocycles. The molecular weight excluding hydrogens is 324 g/mol. The molecule has 0 bridgehead atoms. The summed E-state index contributed by atoms with van der Waals surface area (Å²) in [6, 6.07) is 20.4. The van der Waals surface area contributed by atoms with Crippen LogP contribution in [0, 0.1) is 5.92 Å². The molecule has 3 rings (SSSR count). The molecule has 4 heteroatoms. The number of likely N-dealkylation sites (N-methyl/N-ethyl adjacent to an activating group) is 1. The van der Waals surface area contributed by atoms with Crippen LogP contribution in [-0.4, -0.2) is 48.7 Å². The first kappa shape index (κ1) is 18.6. The lowest BCUT2D eigenvalue weighted by Crippen LogP contribution is -2.42. The molecule has 0 radical (unpaired) electrons. The maximum atomic E-state index is 13.6. The lowest BCUT2D eigenvalue weighted by molar-refractivity contribution is -0.131. The monoisotopic (exact) mass is 352 g/mol. The van der Waals surface area contributed by atoms with Crippen molar-refractivity contribution in [1.82, 2.24) is 10.2 Å². The zero-order chi connectivity index (χ0) is 18.4. The third-order valence-corrected chi connectivity index (χ3v) is 5.48. The highest BCUT2D eigenvalue weighted by atomic mass is 16.3. The van der Waals surface area contributed by atoms with Crippen LogP contribution in [0.5, 0.6) is 0 Å². The number of hydrogen-bond acceptors (Lipinski definition) is 3. The molecule has 0 spiro atoms. The van der Waals surface area contributed by atoms with Crippen LogP contribution in [0.25, 0.3) is 0 Å². The molecule has 4 nitrogen and oxygen atoms in total. The van der Waals surface area contributed by atoms with E-state index >= 15 is 0 Å². The van der Waals surface area contributed by atoms with Gasteiger partial charge in [-0.2, -0.15) is 0 Å². The Labute approximate surface area is 155 Å². The molecule has 1 amide bonds. The first-order valence-corrected chi connectivity index (χ1v) is 9.47. The SMILES string of the molecule is CCN1CC(CCNCCO)C(c2ccccc2)(c2ccccc2)C1=O. The van der Waals surface area contributed by atoms with Gasteiger partial charge < -0.3 is 15.3 Å². The Kier molecular flexibility index (Phi) is 6.07. The molecule has 0 aliphatic carbocycles. The average Bonchev–Trinajstić information content (AvgIpc) is 2.99. The van der Waals surface area contributed by atoms with Crippen molar-refractivity contribution in [3.8, 4) is 0 Å². The summed E-state index contributed by atoms with van der Waals surface area (Å²) in [6.45, 7) is 5.04. The van der Waals surface area contributed by atoms with E-state index in [-0.39, 0.29) is 18.4 Å². The van der Waals surface area contributed by atoms with Gasteiger partial charge in [-0.3, -0.25) is 4.79 Å². The number of hydrogen-bond donors (Lipinski definition) is 2. The van der Waals surface area contributed by atoms with Crippen molar-refractivity contribution in [2.24, 2.45) is 5.92 Å². The van der Waals surface area contributed by atoms with Gasteiger partial charge in [0.2, 0.25) is 5.91 Å². The maximum absolute atomic E-state index is 13.6. The molecule has 2 aromatic rings. The third-order valence-electron chi connectivity index (χ3n) is 5.48. The van der Waals surface area contributed by atoms with Crippen LogP contribution in [0.15, 0.2) is 60.7 Å². The normalized spacial score (nSPS) is 19.1. The Morgan fingerprint density at radius 1 is 1.04 bits per heavy atom. The van der Waals surface area contributed by atoms with E-state index in [9.17, 15) is 4.79 Å². The second kappa shape index (κ2) is 8.47. The Hall–Kier alpha value is -2.17. The van der Waals surface area contributed by atoms with Crippen molar-refractivity contribution in [3.63, 3.8) is 0 Å². The number of amides is 1. The molecule has 1 heterocycles. The highest BCUT2D eigenvalue weighted by molar-refractivity contribution is 5.94. The predicted molar refractivity (Wildman–Crippen MR) is 104 cm³/mol. The molecule has 0 saturated carbocycles. The van der Waals surface area contributed by atoms with Gasteiger partial charge >= 0.3 is 0 Å². The average molecular weight is 352 g/mol. The van der Waals surface area contributed by atoms with E-state index in [1.54, 1.807) is 0 Å². The fraction of sp³-hybridized carbons (Fsp3) is 0.409. The molecule has 1 aliphatic rings. The largest absolute Gasteiger partial charge is 0.395 e. The summed E-state index contributed by atoms with van der Waals surface area (Å²) in [7, 11) is 0. The van der Waals surface area contributed by atoms with Crippen LogP contribution in [0.1, 0.15) is 24.5 Å². The number of aliphatic hydroxyl groups excluding tert-OH is 1. The highest BCUT2D eigenvalue weighted by Crippen LogP contribution is 2.47. The third kappa shape index (κ3) is 3.27. The number of nitrogens with zero attached hydrogens (tertiary/aromatic N) is 1. The fourth-order valence-corrected chi connectivity index (χ4v) is 4.26. The molecular formula is C22H28N2O2. The van der Waals surface area contributed by atoms with E-state index < -0.39 is 5.41 Å². The summed E-state index contributed by atoms with van der Waals surface area (Å²) >= 11 is 0. The Bertz CT molecular complexity index is 663. The summed E-state index contributed by atoms with van der Waals surface area (Å²) in [5, 5.41) is 12.3. The second-order valence-corrected chi connectivity index (χ2v) is 6.84. The van der Waals surface area contributed by atoms with E-state index in [1.807, 2.05) is 48.2 Å². The van der Waals surface area contributed by atoms with E-state index in [2.05, 4.69) is 29.6 Å².